The van der Waals surface area contributed by atoms with Crippen LogP contribution in [0.2, 0.25) is 5.02 Å². The van der Waals surface area contributed by atoms with E-state index in [1.54, 1.807) is 10.6 Å². The predicted molar refractivity (Wildman–Crippen MR) is 72.0 cm³/mol. The fourth-order valence-electron chi connectivity index (χ4n) is 1.55. The molecule has 3 N–H and O–H groups in total. The summed E-state index contributed by atoms with van der Waals surface area (Å²) in [5.41, 5.74) is 6.44. The van der Waals surface area contributed by atoms with Crippen molar-refractivity contribution in [1.82, 2.24) is 14.8 Å². The molecule has 1 aromatic heterocycles. The van der Waals surface area contributed by atoms with Crippen LogP contribution in [0.3, 0.4) is 0 Å². The Balaban J connectivity index is 2.39. The van der Waals surface area contributed by atoms with Crippen molar-refractivity contribution >= 4 is 23.4 Å². The van der Waals surface area contributed by atoms with Gasteiger partial charge in [-0.3, -0.25) is 4.57 Å². The minimum Gasteiger partial charge on any atom is -0.326 e. The highest BCUT2D eigenvalue weighted by molar-refractivity contribution is 7.99. The molecule has 0 unspecified atom stereocenters. The first kappa shape index (κ1) is 13.2. The van der Waals surface area contributed by atoms with E-state index in [1.165, 1.54) is 11.8 Å². The topological polar surface area (TPSA) is 76.7 Å². The summed E-state index contributed by atoms with van der Waals surface area (Å²) in [5, 5.41) is 7.67. The van der Waals surface area contributed by atoms with Gasteiger partial charge in [0.1, 0.15) is 0 Å². The van der Waals surface area contributed by atoms with E-state index in [1.807, 2.05) is 19.1 Å². The summed E-state index contributed by atoms with van der Waals surface area (Å²) in [5.74, 6) is 0. The van der Waals surface area contributed by atoms with Gasteiger partial charge < -0.3 is 5.73 Å². The molecular weight excluding hydrogens is 272 g/mol. The Labute approximate surface area is 113 Å². The van der Waals surface area contributed by atoms with Crippen LogP contribution in [0.4, 0.5) is 0 Å². The summed E-state index contributed by atoms with van der Waals surface area (Å²) in [4.78, 5) is 12.4. The smallest absolute Gasteiger partial charge is 0.326 e. The van der Waals surface area contributed by atoms with Gasteiger partial charge in [-0.05, 0) is 36.4 Å². The number of hydrogen-bond acceptors (Lipinski definition) is 4. The molecule has 0 aliphatic rings. The molecule has 0 spiro atoms. The molecule has 0 aliphatic heterocycles. The molecule has 0 fully saturated rings. The number of rotatable bonds is 4. The number of nitrogens with zero attached hydrogens (tertiary/aromatic N) is 2. The van der Waals surface area contributed by atoms with Gasteiger partial charge >= 0.3 is 5.69 Å². The van der Waals surface area contributed by atoms with Crippen molar-refractivity contribution in [2.45, 2.75) is 30.1 Å². The lowest BCUT2D eigenvalue weighted by molar-refractivity contribution is 0.660. The highest BCUT2D eigenvalue weighted by Crippen LogP contribution is 2.30. The van der Waals surface area contributed by atoms with E-state index in [2.05, 4.69) is 10.2 Å². The second-order valence-electron chi connectivity index (χ2n) is 3.61. The zero-order chi connectivity index (χ0) is 13.1. The maximum atomic E-state index is 11.5. The maximum absolute atomic E-state index is 11.5. The Morgan fingerprint density at radius 3 is 3.00 bits per heavy atom. The van der Waals surface area contributed by atoms with Gasteiger partial charge in [0.2, 0.25) is 0 Å². The second kappa shape index (κ2) is 5.60. The molecule has 0 bridgehead atoms. The Kier molecular flexibility index (Phi) is 4.11. The van der Waals surface area contributed by atoms with Crippen LogP contribution in [-0.4, -0.2) is 14.8 Å². The molecule has 2 aromatic rings. The lowest BCUT2D eigenvalue weighted by atomic mass is 10.2. The van der Waals surface area contributed by atoms with Crippen LogP contribution < -0.4 is 11.4 Å². The van der Waals surface area contributed by atoms with Gasteiger partial charge in [-0.1, -0.05) is 17.7 Å². The molecule has 0 saturated heterocycles. The zero-order valence-corrected chi connectivity index (χ0v) is 11.4. The molecule has 0 radical (unpaired) electrons. The minimum absolute atomic E-state index is 0.212. The predicted octanol–water partition coefficient (Wildman–Crippen LogP) is 1.85. The molecule has 7 heteroatoms. The fourth-order valence-corrected chi connectivity index (χ4v) is 2.87. The molecule has 5 nitrogen and oxygen atoms in total. The maximum Gasteiger partial charge on any atom is 0.343 e. The molecule has 0 amide bonds. The first-order valence-corrected chi connectivity index (χ1v) is 6.66. The average Bonchev–Trinajstić information content (AvgIpc) is 2.70. The minimum atomic E-state index is -0.212. The summed E-state index contributed by atoms with van der Waals surface area (Å²) >= 11 is 7.35. The molecule has 0 aliphatic carbocycles. The van der Waals surface area contributed by atoms with Crippen molar-refractivity contribution in [3.8, 4) is 0 Å². The van der Waals surface area contributed by atoms with Crippen molar-refractivity contribution in [3.63, 3.8) is 0 Å². The number of aromatic nitrogens is 3. The third-order valence-corrected chi connectivity index (χ3v) is 3.82. The third kappa shape index (κ3) is 2.60. The number of hydrogen-bond donors (Lipinski definition) is 2. The Morgan fingerprint density at radius 1 is 1.56 bits per heavy atom. The molecule has 18 heavy (non-hydrogen) atoms. The summed E-state index contributed by atoms with van der Waals surface area (Å²) in [6, 6.07) is 5.50. The highest BCUT2D eigenvalue weighted by Gasteiger charge is 2.11. The SMILES string of the molecule is CCn1c(Sc2cc(Cl)ccc2CN)n[nH]c1=O. The van der Waals surface area contributed by atoms with Gasteiger partial charge in [0.05, 0.1) is 0 Å². The molecular formula is C11H13ClN4OS. The highest BCUT2D eigenvalue weighted by atomic mass is 35.5. The molecule has 1 aromatic carbocycles. The van der Waals surface area contributed by atoms with Crippen LogP contribution in [0.25, 0.3) is 0 Å². The molecule has 96 valence electrons. The van der Waals surface area contributed by atoms with Gasteiger partial charge in [-0.2, -0.15) is 0 Å². The van der Waals surface area contributed by atoms with Gasteiger partial charge in [0.25, 0.3) is 0 Å². The molecule has 0 atom stereocenters. The van der Waals surface area contributed by atoms with E-state index in [-0.39, 0.29) is 5.69 Å². The first-order chi connectivity index (χ1) is 8.65. The number of aromatic amines is 1. The lowest BCUT2D eigenvalue weighted by Crippen LogP contribution is -2.16. The number of benzene rings is 1. The van der Waals surface area contributed by atoms with Crippen molar-refractivity contribution < 1.29 is 0 Å². The van der Waals surface area contributed by atoms with Crippen LogP contribution >= 0.6 is 23.4 Å². The standard InChI is InChI=1S/C11H13ClN4OS/c1-2-16-10(17)14-15-11(16)18-9-5-8(12)4-3-7(9)6-13/h3-5H,2,6,13H2,1H3,(H,14,17). The largest absolute Gasteiger partial charge is 0.343 e. The van der Waals surface area contributed by atoms with Gasteiger partial charge in [0.15, 0.2) is 5.16 Å². The van der Waals surface area contributed by atoms with Gasteiger partial charge in [-0.25, -0.2) is 9.89 Å². The van der Waals surface area contributed by atoms with E-state index < -0.39 is 0 Å². The Morgan fingerprint density at radius 2 is 2.33 bits per heavy atom. The van der Waals surface area contributed by atoms with Crippen molar-refractivity contribution in [3.05, 3.63) is 39.3 Å². The third-order valence-electron chi connectivity index (χ3n) is 2.49. The second-order valence-corrected chi connectivity index (χ2v) is 5.06. The van der Waals surface area contributed by atoms with Crippen LogP contribution in [0.1, 0.15) is 12.5 Å². The van der Waals surface area contributed by atoms with Gasteiger partial charge in [0, 0.05) is 23.0 Å². The summed E-state index contributed by atoms with van der Waals surface area (Å²) in [6.07, 6.45) is 0. The first-order valence-electron chi connectivity index (χ1n) is 5.47. The van der Waals surface area contributed by atoms with E-state index in [0.717, 1.165) is 10.5 Å². The lowest BCUT2D eigenvalue weighted by Gasteiger charge is -2.07. The zero-order valence-electron chi connectivity index (χ0n) is 9.81. The molecule has 0 saturated carbocycles. The number of halogens is 1. The number of H-pyrrole nitrogens is 1. The molecule has 1 heterocycles. The number of nitrogens with one attached hydrogen (secondary N) is 1. The van der Waals surface area contributed by atoms with Crippen molar-refractivity contribution in [2.24, 2.45) is 5.73 Å². The summed E-state index contributed by atoms with van der Waals surface area (Å²) in [6.45, 7) is 2.87. The monoisotopic (exact) mass is 284 g/mol. The van der Waals surface area contributed by atoms with Crippen molar-refractivity contribution in [1.29, 1.82) is 0 Å². The number of nitrogens with two attached hydrogens (primary N) is 1. The summed E-state index contributed by atoms with van der Waals surface area (Å²) < 4.78 is 1.56. The van der Waals surface area contributed by atoms with Crippen LogP contribution in [0, 0.1) is 0 Å². The quantitative estimate of drug-likeness (QED) is 0.898. The fraction of sp³-hybridized carbons (Fsp3) is 0.273. The average molecular weight is 285 g/mol. The molecule has 2 rings (SSSR count). The van der Waals surface area contributed by atoms with Crippen LogP contribution in [0.15, 0.2) is 33.0 Å². The van der Waals surface area contributed by atoms with E-state index in [9.17, 15) is 4.79 Å². The summed E-state index contributed by atoms with van der Waals surface area (Å²) in [7, 11) is 0. The van der Waals surface area contributed by atoms with Crippen LogP contribution in [0.5, 0.6) is 0 Å². The van der Waals surface area contributed by atoms with E-state index >= 15 is 0 Å². The Hall–Kier alpha value is -1.24. The van der Waals surface area contributed by atoms with Crippen molar-refractivity contribution in [2.75, 3.05) is 0 Å². The van der Waals surface area contributed by atoms with Gasteiger partial charge in [-0.15, -0.1) is 5.10 Å². The van der Waals surface area contributed by atoms with E-state index in [4.69, 9.17) is 17.3 Å². The van der Waals surface area contributed by atoms with E-state index in [0.29, 0.717) is 23.3 Å². The Bertz CT molecular complexity index is 607. The normalized spacial score (nSPS) is 10.8. The van der Waals surface area contributed by atoms with Crippen LogP contribution in [-0.2, 0) is 13.1 Å².